The molecule has 0 unspecified atom stereocenters. The van der Waals surface area contributed by atoms with Crippen LogP contribution in [-0.2, 0) is 20.6 Å². The van der Waals surface area contributed by atoms with E-state index in [1.54, 1.807) is 47.5 Å². The third-order valence-electron chi connectivity index (χ3n) is 4.56. The van der Waals surface area contributed by atoms with Gasteiger partial charge in [0.1, 0.15) is 0 Å². The minimum Gasteiger partial charge on any atom is -0.295 e. The summed E-state index contributed by atoms with van der Waals surface area (Å²) < 4.78 is 3.13. The van der Waals surface area contributed by atoms with E-state index in [4.69, 9.17) is 0 Å². The second-order valence-electron chi connectivity index (χ2n) is 5.97. The van der Waals surface area contributed by atoms with Crippen LogP contribution in [0.2, 0.25) is 0 Å². The molecule has 0 fully saturated rings. The Balaban J connectivity index is 1.73. The van der Waals surface area contributed by atoms with E-state index in [1.807, 2.05) is 18.2 Å². The first-order chi connectivity index (χ1) is 11.5. The Morgan fingerprint density at radius 2 is 1.38 bits per heavy atom. The van der Waals surface area contributed by atoms with Crippen LogP contribution in [0.3, 0.4) is 0 Å². The molecule has 24 heavy (non-hydrogen) atoms. The minimum atomic E-state index is -0.280. The standard InChI is InChI=1S/C18H15N3O3/c1-19-14-8-7-11(9-15(14)20(2)18(19)24)10-21-16(22)12-5-3-4-6-13(12)17(21)23/h3-9H,10H2,1-2H3. The Hall–Kier alpha value is -3.15. The quantitative estimate of drug-likeness (QED) is 0.675. The molecule has 6 nitrogen and oxygen atoms in total. The van der Waals surface area contributed by atoms with Gasteiger partial charge in [0.05, 0.1) is 28.7 Å². The number of aromatic nitrogens is 2. The molecule has 1 aliphatic rings. The topological polar surface area (TPSA) is 64.3 Å². The molecule has 0 atom stereocenters. The van der Waals surface area contributed by atoms with Crippen molar-refractivity contribution in [1.29, 1.82) is 0 Å². The largest absolute Gasteiger partial charge is 0.328 e. The Morgan fingerprint density at radius 1 is 0.792 bits per heavy atom. The van der Waals surface area contributed by atoms with Gasteiger partial charge in [0.15, 0.2) is 0 Å². The molecule has 0 spiro atoms. The van der Waals surface area contributed by atoms with Gasteiger partial charge in [-0.05, 0) is 29.8 Å². The highest BCUT2D eigenvalue weighted by Gasteiger charge is 2.34. The minimum absolute atomic E-state index is 0.108. The number of imide groups is 1. The molecule has 120 valence electrons. The van der Waals surface area contributed by atoms with Crippen molar-refractivity contribution in [3.05, 3.63) is 69.6 Å². The predicted molar refractivity (Wildman–Crippen MR) is 88.8 cm³/mol. The smallest absolute Gasteiger partial charge is 0.295 e. The van der Waals surface area contributed by atoms with Crippen LogP contribution in [0, 0.1) is 0 Å². The van der Waals surface area contributed by atoms with E-state index in [-0.39, 0.29) is 24.0 Å². The maximum absolute atomic E-state index is 12.4. The summed E-state index contributed by atoms with van der Waals surface area (Å²) in [6.07, 6.45) is 0. The van der Waals surface area contributed by atoms with Crippen LogP contribution < -0.4 is 5.69 Å². The lowest BCUT2D eigenvalue weighted by Gasteiger charge is -2.14. The molecule has 0 saturated heterocycles. The average molecular weight is 321 g/mol. The number of benzene rings is 2. The Morgan fingerprint density at radius 3 is 2.00 bits per heavy atom. The van der Waals surface area contributed by atoms with Crippen molar-refractivity contribution in [3.8, 4) is 0 Å². The average Bonchev–Trinajstić information content (AvgIpc) is 2.96. The fraction of sp³-hybridized carbons (Fsp3) is 0.167. The van der Waals surface area contributed by atoms with Gasteiger partial charge in [-0.25, -0.2) is 4.79 Å². The van der Waals surface area contributed by atoms with Crippen LogP contribution in [0.4, 0.5) is 0 Å². The molecule has 2 amide bonds. The molecule has 2 heterocycles. The molecule has 1 aliphatic heterocycles. The summed E-state index contributed by atoms with van der Waals surface area (Å²) in [5, 5.41) is 0. The van der Waals surface area contributed by atoms with E-state index in [9.17, 15) is 14.4 Å². The molecule has 6 heteroatoms. The number of carbonyl (C=O) groups excluding carboxylic acids is 2. The van der Waals surface area contributed by atoms with Crippen molar-refractivity contribution in [1.82, 2.24) is 14.0 Å². The number of hydrogen-bond donors (Lipinski definition) is 0. The zero-order chi connectivity index (χ0) is 17.0. The maximum Gasteiger partial charge on any atom is 0.328 e. The fourth-order valence-corrected chi connectivity index (χ4v) is 3.22. The van der Waals surface area contributed by atoms with Gasteiger partial charge in [-0.2, -0.15) is 0 Å². The number of amides is 2. The number of rotatable bonds is 2. The van der Waals surface area contributed by atoms with Gasteiger partial charge in [0, 0.05) is 14.1 Å². The van der Waals surface area contributed by atoms with Crippen molar-refractivity contribution in [2.24, 2.45) is 14.1 Å². The second-order valence-corrected chi connectivity index (χ2v) is 5.97. The van der Waals surface area contributed by atoms with E-state index in [1.165, 1.54) is 4.90 Å². The predicted octanol–water partition coefficient (Wildman–Crippen LogP) is 1.67. The van der Waals surface area contributed by atoms with Gasteiger partial charge in [-0.3, -0.25) is 23.6 Å². The number of nitrogens with zero attached hydrogens (tertiary/aromatic N) is 3. The monoisotopic (exact) mass is 321 g/mol. The van der Waals surface area contributed by atoms with Gasteiger partial charge in [-0.15, -0.1) is 0 Å². The third-order valence-corrected chi connectivity index (χ3v) is 4.56. The second kappa shape index (κ2) is 4.92. The molecule has 1 aromatic heterocycles. The van der Waals surface area contributed by atoms with E-state index in [0.717, 1.165) is 16.6 Å². The molecular formula is C18H15N3O3. The lowest BCUT2D eigenvalue weighted by atomic mass is 10.1. The first kappa shape index (κ1) is 14.4. The number of imidazole rings is 1. The van der Waals surface area contributed by atoms with E-state index < -0.39 is 0 Å². The van der Waals surface area contributed by atoms with E-state index in [0.29, 0.717) is 11.1 Å². The van der Waals surface area contributed by atoms with Crippen molar-refractivity contribution >= 4 is 22.8 Å². The van der Waals surface area contributed by atoms with Gasteiger partial charge in [0.25, 0.3) is 11.8 Å². The van der Waals surface area contributed by atoms with Gasteiger partial charge in [-0.1, -0.05) is 18.2 Å². The van der Waals surface area contributed by atoms with Crippen LogP contribution in [0.1, 0.15) is 26.3 Å². The lowest BCUT2D eigenvalue weighted by molar-refractivity contribution is 0.0642. The molecule has 0 bridgehead atoms. The molecule has 0 radical (unpaired) electrons. The van der Waals surface area contributed by atoms with E-state index in [2.05, 4.69) is 0 Å². The van der Waals surface area contributed by atoms with Crippen LogP contribution in [-0.4, -0.2) is 25.8 Å². The summed E-state index contributed by atoms with van der Waals surface area (Å²) in [5.74, 6) is -0.560. The Bertz CT molecular complexity index is 1040. The highest BCUT2D eigenvalue weighted by atomic mass is 16.2. The zero-order valence-electron chi connectivity index (χ0n) is 13.3. The number of hydrogen-bond acceptors (Lipinski definition) is 3. The van der Waals surface area contributed by atoms with Crippen LogP contribution in [0.5, 0.6) is 0 Å². The summed E-state index contributed by atoms with van der Waals surface area (Å²) in [7, 11) is 3.42. The molecule has 0 saturated carbocycles. The number of fused-ring (bicyclic) bond motifs is 2. The highest BCUT2D eigenvalue weighted by Crippen LogP contribution is 2.25. The normalized spacial score (nSPS) is 13.8. The molecule has 4 rings (SSSR count). The SMILES string of the molecule is Cn1c(=O)n(C)c2cc(CN3C(=O)c4ccccc4C3=O)ccc21. The summed E-state index contributed by atoms with van der Waals surface area (Å²) in [4.78, 5) is 38.1. The van der Waals surface area contributed by atoms with Gasteiger partial charge >= 0.3 is 5.69 Å². The van der Waals surface area contributed by atoms with Crippen LogP contribution in [0.25, 0.3) is 11.0 Å². The lowest BCUT2D eigenvalue weighted by Crippen LogP contribution is -2.29. The highest BCUT2D eigenvalue weighted by molar-refractivity contribution is 6.21. The Labute approximate surface area is 137 Å². The third kappa shape index (κ3) is 1.86. The number of aryl methyl sites for hydroxylation is 2. The van der Waals surface area contributed by atoms with Crippen molar-refractivity contribution < 1.29 is 9.59 Å². The van der Waals surface area contributed by atoms with Crippen molar-refractivity contribution in [2.45, 2.75) is 6.54 Å². The summed E-state index contributed by atoms with van der Waals surface area (Å²) in [6.45, 7) is 0.186. The summed E-state index contributed by atoms with van der Waals surface area (Å²) in [6, 6.07) is 12.4. The molecule has 2 aromatic carbocycles. The van der Waals surface area contributed by atoms with E-state index >= 15 is 0 Å². The molecule has 0 aliphatic carbocycles. The van der Waals surface area contributed by atoms with Crippen molar-refractivity contribution in [2.75, 3.05) is 0 Å². The number of carbonyl (C=O) groups is 2. The molecule has 0 N–H and O–H groups in total. The summed E-state index contributed by atoms with van der Waals surface area (Å²) in [5.41, 5.74) is 3.16. The van der Waals surface area contributed by atoms with Gasteiger partial charge < -0.3 is 0 Å². The Kier molecular flexibility index (Phi) is 2.96. The summed E-state index contributed by atoms with van der Waals surface area (Å²) >= 11 is 0. The van der Waals surface area contributed by atoms with Gasteiger partial charge in [0.2, 0.25) is 0 Å². The zero-order valence-corrected chi connectivity index (χ0v) is 13.3. The van der Waals surface area contributed by atoms with Crippen LogP contribution >= 0.6 is 0 Å². The van der Waals surface area contributed by atoms with Crippen LogP contribution in [0.15, 0.2) is 47.3 Å². The first-order valence-electron chi connectivity index (χ1n) is 7.58. The fourth-order valence-electron chi connectivity index (χ4n) is 3.22. The molecule has 3 aromatic rings. The maximum atomic E-state index is 12.4. The van der Waals surface area contributed by atoms with Crippen molar-refractivity contribution in [3.63, 3.8) is 0 Å². The molecular weight excluding hydrogens is 306 g/mol. The first-order valence-corrected chi connectivity index (χ1v) is 7.58.